The van der Waals surface area contributed by atoms with E-state index in [0.717, 1.165) is 44.4 Å². The van der Waals surface area contributed by atoms with Gasteiger partial charge in [0.15, 0.2) is 0 Å². The van der Waals surface area contributed by atoms with Gasteiger partial charge in [-0.25, -0.2) is 0 Å². The van der Waals surface area contributed by atoms with Crippen LogP contribution in [0.3, 0.4) is 0 Å². The average molecular weight is 331 g/mol. The minimum absolute atomic E-state index is 0. The van der Waals surface area contributed by atoms with Gasteiger partial charge >= 0.3 is 0 Å². The lowest BCUT2D eigenvalue weighted by atomic mass is 9.89. The van der Waals surface area contributed by atoms with Crippen molar-refractivity contribution in [2.24, 2.45) is 5.41 Å². The molecule has 3 nitrogen and oxygen atoms in total. The van der Waals surface area contributed by atoms with Gasteiger partial charge < -0.3 is 10.1 Å². The maximum absolute atomic E-state index is 5.95. The third-order valence-corrected chi connectivity index (χ3v) is 4.71. The number of nitrogens with one attached hydrogen (secondary N) is 1. The van der Waals surface area contributed by atoms with Crippen LogP contribution in [0.5, 0.6) is 0 Å². The molecule has 21 heavy (non-hydrogen) atoms. The monoisotopic (exact) mass is 330 g/mol. The van der Waals surface area contributed by atoms with E-state index in [1.54, 1.807) is 0 Å². The Morgan fingerprint density at radius 1 is 1.38 bits per heavy atom. The Balaban J connectivity index is 0.00000161. The van der Waals surface area contributed by atoms with Gasteiger partial charge in [0.25, 0.3) is 0 Å². The second kappa shape index (κ2) is 7.30. The van der Waals surface area contributed by atoms with Crippen LogP contribution in [-0.4, -0.2) is 44.2 Å². The Bertz CT molecular complexity index is 446. The van der Waals surface area contributed by atoms with Crippen molar-refractivity contribution in [2.45, 2.75) is 19.4 Å². The van der Waals surface area contributed by atoms with Crippen LogP contribution in [0.4, 0.5) is 0 Å². The second-order valence-corrected chi connectivity index (χ2v) is 6.82. The van der Waals surface area contributed by atoms with Crippen molar-refractivity contribution in [3.05, 3.63) is 34.9 Å². The van der Waals surface area contributed by atoms with E-state index in [9.17, 15) is 0 Å². The van der Waals surface area contributed by atoms with Crippen molar-refractivity contribution in [1.82, 2.24) is 10.2 Å². The Kier molecular flexibility index (Phi) is 5.92. The summed E-state index contributed by atoms with van der Waals surface area (Å²) in [5, 5.41) is 4.26. The van der Waals surface area contributed by atoms with Gasteiger partial charge in [0, 0.05) is 31.2 Å². The summed E-state index contributed by atoms with van der Waals surface area (Å²) in [6, 6.07) is 8.05. The first-order chi connectivity index (χ1) is 9.65. The van der Waals surface area contributed by atoms with Crippen molar-refractivity contribution in [2.75, 3.05) is 39.3 Å². The molecule has 5 heteroatoms. The summed E-state index contributed by atoms with van der Waals surface area (Å²) in [5.74, 6) is 0. The normalized spacial score (nSPS) is 30.1. The van der Waals surface area contributed by atoms with Crippen LogP contribution in [0.2, 0.25) is 5.02 Å². The fourth-order valence-corrected chi connectivity index (χ4v) is 3.39. The highest BCUT2D eigenvalue weighted by Gasteiger charge is 2.32. The summed E-state index contributed by atoms with van der Waals surface area (Å²) in [6.07, 6.45) is 1.45. The molecule has 2 aliphatic rings. The molecule has 1 N–H and O–H groups in total. The molecule has 3 rings (SSSR count). The molecule has 0 bridgehead atoms. The van der Waals surface area contributed by atoms with E-state index in [2.05, 4.69) is 29.3 Å². The molecule has 2 atom stereocenters. The summed E-state index contributed by atoms with van der Waals surface area (Å²) < 4.78 is 5.93. The Morgan fingerprint density at radius 2 is 2.14 bits per heavy atom. The van der Waals surface area contributed by atoms with E-state index in [4.69, 9.17) is 16.3 Å². The largest absolute Gasteiger partial charge is 0.371 e. The van der Waals surface area contributed by atoms with Crippen molar-refractivity contribution in [3.8, 4) is 0 Å². The first kappa shape index (κ1) is 17.0. The fourth-order valence-electron chi connectivity index (χ4n) is 3.27. The van der Waals surface area contributed by atoms with Gasteiger partial charge in [0.2, 0.25) is 0 Å². The summed E-state index contributed by atoms with van der Waals surface area (Å²) in [4.78, 5) is 2.55. The molecule has 118 valence electrons. The van der Waals surface area contributed by atoms with E-state index in [0.29, 0.717) is 5.41 Å². The van der Waals surface area contributed by atoms with Crippen LogP contribution >= 0.6 is 24.0 Å². The molecule has 0 spiro atoms. The number of ether oxygens (including phenoxy) is 1. The first-order valence-electron chi connectivity index (χ1n) is 7.45. The maximum Gasteiger partial charge on any atom is 0.0952 e. The zero-order valence-corrected chi connectivity index (χ0v) is 14.1. The molecule has 1 aromatic carbocycles. The van der Waals surface area contributed by atoms with E-state index >= 15 is 0 Å². The molecule has 0 aromatic heterocycles. The van der Waals surface area contributed by atoms with E-state index in [-0.39, 0.29) is 18.5 Å². The third kappa shape index (κ3) is 4.33. The lowest BCUT2D eigenvalue weighted by molar-refractivity contribution is -0.0400. The van der Waals surface area contributed by atoms with Crippen molar-refractivity contribution in [1.29, 1.82) is 0 Å². The van der Waals surface area contributed by atoms with Gasteiger partial charge in [-0.15, -0.1) is 12.4 Å². The molecule has 1 aromatic rings. The molecular weight excluding hydrogens is 307 g/mol. The Morgan fingerprint density at radius 3 is 2.81 bits per heavy atom. The number of benzene rings is 1. The van der Waals surface area contributed by atoms with Gasteiger partial charge in [-0.3, -0.25) is 4.90 Å². The predicted molar refractivity (Wildman–Crippen MR) is 89.4 cm³/mol. The van der Waals surface area contributed by atoms with Crippen LogP contribution in [0.1, 0.15) is 25.0 Å². The lowest BCUT2D eigenvalue weighted by Crippen LogP contribution is -2.44. The third-order valence-electron chi connectivity index (χ3n) is 4.45. The quantitative estimate of drug-likeness (QED) is 0.921. The summed E-state index contributed by atoms with van der Waals surface area (Å²) in [5.41, 5.74) is 1.65. The second-order valence-electron chi connectivity index (χ2n) is 6.38. The van der Waals surface area contributed by atoms with Crippen LogP contribution < -0.4 is 5.32 Å². The molecule has 0 aliphatic carbocycles. The standard InChI is InChI=1S/C16H23ClN2O.ClH/c1-16(6-7-18-11-16)12-19-8-9-20-15(10-19)13-2-4-14(17)5-3-13;/h2-5,15,18H,6-12H2,1H3;1H. The molecule has 2 unspecified atom stereocenters. The van der Waals surface area contributed by atoms with Gasteiger partial charge in [0.1, 0.15) is 0 Å². The number of morpholine rings is 1. The van der Waals surface area contributed by atoms with Gasteiger partial charge in [-0.05, 0) is 36.1 Å². The average Bonchev–Trinajstić information content (AvgIpc) is 2.86. The van der Waals surface area contributed by atoms with Crippen molar-refractivity contribution >= 4 is 24.0 Å². The minimum Gasteiger partial charge on any atom is -0.371 e. The van der Waals surface area contributed by atoms with Crippen molar-refractivity contribution < 1.29 is 4.74 Å². The molecule has 2 aliphatic heterocycles. The van der Waals surface area contributed by atoms with Crippen LogP contribution in [0, 0.1) is 5.41 Å². The molecule has 2 saturated heterocycles. The first-order valence-corrected chi connectivity index (χ1v) is 7.83. The number of hydrogen-bond acceptors (Lipinski definition) is 3. The molecular formula is C16H24Cl2N2O. The van der Waals surface area contributed by atoms with Gasteiger partial charge in [-0.2, -0.15) is 0 Å². The van der Waals surface area contributed by atoms with E-state index < -0.39 is 0 Å². The predicted octanol–water partition coefficient (Wildman–Crippen LogP) is 3.13. The highest BCUT2D eigenvalue weighted by atomic mass is 35.5. The number of rotatable bonds is 3. The molecule has 0 saturated carbocycles. The summed E-state index contributed by atoms with van der Waals surface area (Å²) >= 11 is 5.95. The van der Waals surface area contributed by atoms with Gasteiger partial charge in [-0.1, -0.05) is 30.7 Å². The van der Waals surface area contributed by atoms with Crippen LogP contribution in [-0.2, 0) is 4.74 Å². The summed E-state index contributed by atoms with van der Waals surface area (Å²) in [7, 11) is 0. The Labute approximate surface area is 138 Å². The highest BCUT2D eigenvalue weighted by Crippen LogP contribution is 2.29. The van der Waals surface area contributed by atoms with Crippen molar-refractivity contribution in [3.63, 3.8) is 0 Å². The van der Waals surface area contributed by atoms with E-state index in [1.807, 2.05) is 12.1 Å². The number of nitrogens with zero attached hydrogens (tertiary/aromatic N) is 1. The number of hydrogen-bond donors (Lipinski definition) is 1. The van der Waals surface area contributed by atoms with E-state index in [1.165, 1.54) is 12.0 Å². The molecule has 2 heterocycles. The maximum atomic E-state index is 5.95. The summed E-state index contributed by atoms with van der Waals surface area (Å²) in [6.45, 7) is 8.68. The fraction of sp³-hybridized carbons (Fsp3) is 0.625. The number of halogens is 2. The zero-order valence-electron chi connectivity index (χ0n) is 12.5. The molecule has 0 amide bonds. The molecule has 0 radical (unpaired) electrons. The SMILES string of the molecule is CC1(CN2CCOC(c3ccc(Cl)cc3)C2)CCNC1.Cl. The Hall–Kier alpha value is -0.320. The van der Waals surface area contributed by atoms with Gasteiger partial charge in [0.05, 0.1) is 12.7 Å². The van der Waals surface area contributed by atoms with Crippen LogP contribution in [0.15, 0.2) is 24.3 Å². The molecule has 2 fully saturated rings. The topological polar surface area (TPSA) is 24.5 Å². The smallest absolute Gasteiger partial charge is 0.0952 e. The minimum atomic E-state index is 0. The highest BCUT2D eigenvalue weighted by molar-refractivity contribution is 6.30. The lowest BCUT2D eigenvalue weighted by Gasteiger charge is -2.37. The zero-order chi connectivity index (χ0) is 14.0. The van der Waals surface area contributed by atoms with Crippen LogP contribution in [0.25, 0.3) is 0 Å².